The molecule has 1 aromatic heterocycles. The van der Waals surface area contributed by atoms with Crippen LogP contribution >= 0.6 is 0 Å². The van der Waals surface area contributed by atoms with Gasteiger partial charge in [-0.15, -0.1) is 5.47 Å². The monoisotopic (exact) mass is 375 g/mol. The van der Waals surface area contributed by atoms with E-state index in [1.807, 2.05) is 6.08 Å². The number of nitriles is 1. The summed E-state index contributed by atoms with van der Waals surface area (Å²) in [4.78, 5) is 2.38. The quantitative estimate of drug-likeness (QED) is 0.804. The maximum absolute atomic E-state index is 9.52. The Kier molecular flexibility index (Phi) is 4.77. The molecule has 0 saturated carbocycles. The van der Waals surface area contributed by atoms with E-state index in [4.69, 9.17) is 17.7 Å². The fourth-order valence-electron chi connectivity index (χ4n) is 5.05. The Morgan fingerprint density at radius 2 is 2.14 bits per heavy atom. The van der Waals surface area contributed by atoms with E-state index in [-0.39, 0.29) is 5.92 Å². The van der Waals surface area contributed by atoms with Crippen molar-refractivity contribution in [3.8, 4) is 6.07 Å². The summed E-state index contributed by atoms with van der Waals surface area (Å²) >= 11 is 0. The first-order valence-electron chi connectivity index (χ1n) is 10.5. The number of ether oxygens (including phenoxy) is 1. The van der Waals surface area contributed by atoms with E-state index in [1.165, 1.54) is 22.5 Å². The first kappa shape index (κ1) is 18.0. The molecule has 1 aliphatic carbocycles. The van der Waals surface area contributed by atoms with Gasteiger partial charge < -0.3 is 15.0 Å². The second kappa shape index (κ2) is 7.42. The van der Waals surface area contributed by atoms with Crippen molar-refractivity contribution in [1.29, 1.82) is 5.26 Å². The first-order valence-corrected chi connectivity index (χ1v) is 10.5. The first-order chi connectivity index (χ1) is 13.8. The molecule has 0 amide bonds. The van der Waals surface area contributed by atoms with Crippen molar-refractivity contribution in [2.75, 3.05) is 31.2 Å². The van der Waals surface area contributed by atoms with Gasteiger partial charge >= 0.3 is 0 Å². The Bertz CT molecular complexity index is 874. The molecule has 5 rings (SSSR count). The molecule has 1 unspecified atom stereocenters. The van der Waals surface area contributed by atoms with Crippen LogP contribution in [-0.4, -0.2) is 43.9 Å². The van der Waals surface area contributed by atoms with Gasteiger partial charge in [-0.25, -0.2) is 0 Å². The number of hydrogen-bond donors (Lipinski definition) is 1. The fourth-order valence-corrected chi connectivity index (χ4v) is 5.05. The van der Waals surface area contributed by atoms with Crippen LogP contribution in [0.1, 0.15) is 49.4 Å². The number of allylic oxidation sites excluding steroid dienone is 4. The van der Waals surface area contributed by atoms with Gasteiger partial charge in [0.05, 0.1) is 18.0 Å². The van der Waals surface area contributed by atoms with E-state index in [0.29, 0.717) is 17.9 Å². The minimum Gasteiger partial charge on any atom is -0.381 e. The molecule has 2 radical (unpaired) electrons. The van der Waals surface area contributed by atoms with Gasteiger partial charge in [-0.3, -0.25) is 4.68 Å². The van der Waals surface area contributed by atoms with Gasteiger partial charge in [-0.1, -0.05) is 6.08 Å². The molecular weight excluding hydrogens is 349 g/mol. The molecule has 6 nitrogen and oxygen atoms in total. The Hall–Kier alpha value is -2.04. The molecule has 144 valence electrons. The molecular formula is C21H26BN5O. The number of aromatic nitrogens is 2. The maximum Gasteiger partial charge on any atom is 0.159 e. The van der Waals surface area contributed by atoms with Gasteiger partial charge in [-0.05, 0) is 31.3 Å². The molecule has 1 N–H and O–H groups in total. The van der Waals surface area contributed by atoms with Crippen LogP contribution in [0.5, 0.6) is 0 Å². The summed E-state index contributed by atoms with van der Waals surface area (Å²) in [7, 11) is 6.14. The van der Waals surface area contributed by atoms with Gasteiger partial charge in [0.1, 0.15) is 7.85 Å². The van der Waals surface area contributed by atoms with Gasteiger partial charge in [0.2, 0.25) is 0 Å². The summed E-state index contributed by atoms with van der Waals surface area (Å²) < 4.78 is 7.88. The molecule has 0 spiro atoms. The predicted molar refractivity (Wildman–Crippen MR) is 108 cm³/mol. The molecule has 3 aliphatic heterocycles. The van der Waals surface area contributed by atoms with Gasteiger partial charge in [0, 0.05) is 62.6 Å². The summed E-state index contributed by atoms with van der Waals surface area (Å²) in [6, 6.07) is 2.80. The van der Waals surface area contributed by atoms with Crippen molar-refractivity contribution < 1.29 is 4.74 Å². The van der Waals surface area contributed by atoms with Crippen molar-refractivity contribution in [3.63, 3.8) is 0 Å². The lowest BCUT2D eigenvalue weighted by atomic mass is 9.75. The highest BCUT2D eigenvalue weighted by Crippen LogP contribution is 2.40. The average Bonchev–Trinajstić information content (AvgIpc) is 3.13. The summed E-state index contributed by atoms with van der Waals surface area (Å²) in [5, 5.41) is 18.2. The molecule has 1 fully saturated rings. The summed E-state index contributed by atoms with van der Waals surface area (Å²) in [6.07, 6.45) is 7.94. The van der Waals surface area contributed by atoms with Crippen LogP contribution in [0.3, 0.4) is 0 Å². The van der Waals surface area contributed by atoms with E-state index in [0.717, 1.165) is 70.8 Å². The van der Waals surface area contributed by atoms with E-state index >= 15 is 0 Å². The van der Waals surface area contributed by atoms with E-state index < -0.39 is 0 Å². The van der Waals surface area contributed by atoms with Crippen LogP contribution in [0, 0.1) is 17.2 Å². The Morgan fingerprint density at radius 3 is 2.96 bits per heavy atom. The van der Waals surface area contributed by atoms with Gasteiger partial charge in [0.15, 0.2) is 5.82 Å². The van der Waals surface area contributed by atoms with E-state index in [1.54, 1.807) is 0 Å². The summed E-state index contributed by atoms with van der Waals surface area (Å²) in [5.41, 5.74) is 5.96. The smallest absolute Gasteiger partial charge is 0.159 e. The summed E-state index contributed by atoms with van der Waals surface area (Å²) in [6.45, 7) is 4.47. The molecule has 1 saturated heterocycles. The second-order valence-corrected chi connectivity index (χ2v) is 8.22. The number of hydrogen-bond acceptors (Lipinski definition) is 5. The summed E-state index contributed by atoms with van der Waals surface area (Å²) in [5.74, 6) is 0.859. The number of rotatable bonds is 2. The minimum absolute atomic E-state index is 0.231. The fraction of sp³-hybridized carbons (Fsp3) is 0.619. The Morgan fingerprint density at radius 1 is 1.29 bits per heavy atom. The van der Waals surface area contributed by atoms with E-state index in [2.05, 4.69) is 21.0 Å². The largest absolute Gasteiger partial charge is 0.381 e. The zero-order valence-corrected chi connectivity index (χ0v) is 16.3. The molecule has 0 aromatic carbocycles. The Labute approximate surface area is 167 Å². The molecule has 7 heteroatoms. The Balaban J connectivity index is 1.56. The highest BCUT2D eigenvalue weighted by Gasteiger charge is 2.33. The molecule has 4 aliphatic rings. The standard InChI is InChI=1S/C21H26BN5O/c22-18-10-14-2-1-7-26(20(14)11-15(18)12-23)21-17-13-24-6-3-19(17)27(25-21)16-4-8-28-9-5-16/h10,15-16,24H,1-9,11,13H2. The number of nitrogens with one attached hydrogen (secondary N) is 1. The van der Waals surface area contributed by atoms with Crippen molar-refractivity contribution in [1.82, 2.24) is 15.1 Å². The van der Waals surface area contributed by atoms with Crippen LogP contribution in [-0.2, 0) is 17.7 Å². The third-order valence-corrected chi connectivity index (χ3v) is 6.55. The van der Waals surface area contributed by atoms with Gasteiger partial charge in [0.25, 0.3) is 0 Å². The van der Waals surface area contributed by atoms with Crippen LogP contribution in [0.25, 0.3) is 0 Å². The predicted octanol–water partition coefficient (Wildman–Crippen LogP) is 2.33. The van der Waals surface area contributed by atoms with Crippen molar-refractivity contribution in [2.45, 2.75) is 51.1 Å². The van der Waals surface area contributed by atoms with Crippen LogP contribution in [0.15, 0.2) is 22.8 Å². The number of nitrogens with zero attached hydrogens (tertiary/aromatic N) is 4. The molecule has 1 aromatic rings. The maximum atomic E-state index is 9.52. The molecule has 0 bridgehead atoms. The third-order valence-electron chi connectivity index (χ3n) is 6.55. The molecule has 1 atom stereocenters. The molecule has 4 heterocycles. The van der Waals surface area contributed by atoms with Crippen molar-refractivity contribution in [3.05, 3.63) is 34.1 Å². The highest BCUT2D eigenvalue weighted by molar-refractivity contribution is 6.22. The zero-order chi connectivity index (χ0) is 19.1. The average molecular weight is 375 g/mol. The zero-order valence-electron chi connectivity index (χ0n) is 16.3. The van der Waals surface area contributed by atoms with Crippen LogP contribution in [0.4, 0.5) is 5.82 Å². The normalized spacial score (nSPS) is 25.8. The number of fused-ring (bicyclic) bond motifs is 1. The van der Waals surface area contributed by atoms with Crippen LogP contribution in [0.2, 0.25) is 0 Å². The number of anilines is 1. The van der Waals surface area contributed by atoms with Crippen LogP contribution < -0.4 is 10.2 Å². The minimum atomic E-state index is -0.231. The lowest BCUT2D eigenvalue weighted by Gasteiger charge is -2.36. The molecule has 28 heavy (non-hydrogen) atoms. The van der Waals surface area contributed by atoms with Crippen molar-refractivity contribution >= 4 is 13.7 Å². The highest BCUT2D eigenvalue weighted by atomic mass is 16.5. The lowest BCUT2D eigenvalue weighted by molar-refractivity contribution is 0.0653. The van der Waals surface area contributed by atoms with E-state index in [9.17, 15) is 5.26 Å². The van der Waals surface area contributed by atoms with Crippen molar-refractivity contribution in [2.24, 2.45) is 5.92 Å². The SMILES string of the molecule is [B]C1=CC2=C(CC1C#N)N(c1nn(C3CCOCC3)c3c1CNCC3)CCC2. The topological polar surface area (TPSA) is 66.1 Å². The second-order valence-electron chi connectivity index (χ2n) is 8.22. The van der Waals surface area contributed by atoms with Gasteiger partial charge in [-0.2, -0.15) is 10.4 Å². The lowest BCUT2D eigenvalue weighted by Crippen LogP contribution is -2.33. The third kappa shape index (κ3) is 2.99.